The highest BCUT2D eigenvalue weighted by Crippen LogP contribution is 2.33. The lowest BCUT2D eigenvalue weighted by atomic mass is 9.77. The minimum atomic E-state index is -4.60. The van der Waals surface area contributed by atoms with Crippen LogP contribution in [0.15, 0.2) is 91.5 Å². The van der Waals surface area contributed by atoms with Crippen molar-refractivity contribution in [1.82, 2.24) is 0 Å². The predicted molar refractivity (Wildman–Crippen MR) is 128 cm³/mol. The number of aryl methyl sites for hydroxylation is 1. The van der Waals surface area contributed by atoms with Crippen molar-refractivity contribution in [3.63, 3.8) is 0 Å². The fraction of sp³-hybridized carbons (Fsp3) is 0.241. The Morgan fingerprint density at radius 2 is 1.14 bits per heavy atom. The van der Waals surface area contributed by atoms with Gasteiger partial charge in [0.25, 0.3) is 0 Å². The van der Waals surface area contributed by atoms with E-state index in [1.807, 2.05) is 30.3 Å². The van der Waals surface area contributed by atoms with E-state index in [9.17, 15) is 35.9 Å². The summed E-state index contributed by atoms with van der Waals surface area (Å²) in [4.78, 5) is 26.9. The summed E-state index contributed by atoms with van der Waals surface area (Å²) in [6.07, 6.45) is -6.16. The SMILES string of the molecule is C=C[C@H](CCCc1ccccc1)C(C(=O)c1ccc(C(F)(F)F)cc1)C(=O)c1ccc(C(F)(F)F)cc1. The van der Waals surface area contributed by atoms with Crippen molar-refractivity contribution >= 4 is 11.6 Å². The van der Waals surface area contributed by atoms with E-state index in [0.29, 0.717) is 19.3 Å². The molecule has 0 aromatic heterocycles. The molecule has 0 unspecified atom stereocenters. The van der Waals surface area contributed by atoms with Crippen molar-refractivity contribution in [2.24, 2.45) is 11.8 Å². The summed E-state index contributed by atoms with van der Waals surface area (Å²) in [5.41, 5.74) is -1.05. The van der Waals surface area contributed by atoms with Gasteiger partial charge in [-0.25, -0.2) is 0 Å². The zero-order valence-corrected chi connectivity index (χ0v) is 19.7. The molecule has 3 rings (SSSR count). The molecule has 194 valence electrons. The van der Waals surface area contributed by atoms with E-state index < -0.39 is 46.9 Å². The molecule has 0 amide bonds. The number of hydrogen-bond donors (Lipinski definition) is 0. The lowest BCUT2D eigenvalue weighted by molar-refractivity contribution is -0.138. The van der Waals surface area contributed by atoms with Gasteiger partial charge in [-0.05, 0) is 55.0 Å². The van der Waals surface area contributed by atoms with Gasteiger partial charge in [0, 0.05) is 11.1 Å². The van der Waals surface area contributed by atoms with E-state index in [4.69, 9.17) is 0 Å². The van der Waals surface area contributed by atoms with Gasteiger partial charge in [0.1, 0.15) is 0 Å². The van der Waals surface area contributed by atoms with Crippen LogP contribution in [0.3, 0.4) is 0 Å². The molecule has 1 atom stereocenters. The Morgan fingerprint density at radius 1 is 0.703 bits per heavy atom. The third kappa shape index (κ3) is 7.18. The standard InChI is InChI=1S/C29H24F6O2/c1-2-20(10-6-9-19-7-4-3-5-8-19)25(26(36)21-11-15-23(16-12-21)28(30,31)32)27(37)22-13-17-24(18-14-22)29(33,34)35/h2-5,7-8,11-18,20,25H,1,6,9-10H2/t20-/m1/s1. The number of carbonyl (C=O) groups excluding carboxylic acids is 2. The van der Waals surface area contributed by atoms with E-state index in [2.05, 4.69) is 6.58 Å². The molecular weight excluding hydrogens is 494 g/mol. The molecule has 0 radical (unpaired) electrons. The topological polar surface area (TPSA) is 34.1 Å². The normalized spacial score (nSPS) is 12.8. The first-order valence-corrected chi connectivity index (χ1v) is 11.5. The number of halogens is 6. The van der Waals surface area contributed by atoms with Crippen LogP contribution in [-0.4, -0.2) is 11.6 Å². The minimum Gasteiger partial charge on any atom is -0.293 e. The predicted octanol–water partition coefficient (Wildman–Crippen LogP) is 8.23. The van der Waals surface area contributed by atoms with E-state index in [-0.39, 0.29) is 11.1 Å². The maximum absolute atomic E-state index is 13.5. The Labute approximate surface area is 210 Å². The van der Waals surface area contributed by atoms with Crippen molar-refractivity contribution in [1.29, 1.82) is 0 Å². The minimum absolute atomic E-state index is 0.104. The third-order valence-corrected chi connectivity index (χ3v) is 6.14. The van der Waals surface area contributed by atoms with Gasteiger partial charge >= 0.3 is 12.4 Å². The van der Waals surface area contributed by atoms with Gasteiger partial charge in [-0.15, -0.1) is 6.58 Å². The van der Waals surface area contributed by atoms with Crippen molar-refractivity contribution in [2.75, 3.05) is 0 Å². The second kappa shape index (κ2) is 11.6. The number of allylic oxidation sites excluding steroid dienone is 1. The highest BCUT2D eigenvalue weighted by Gasteiger charge is 2.36. The largest absolute Gasteiger partial charge is 0.416 e. The number of hydrogen-bond acceptors (Lipinski definition) is 2. The molecular formula is C29H24F6O2. The second-order valence-electron chi connectivity index (χ2n) is 8.63. The zero-order chi connectivity index (χ0) is 27.2. The highest BCUT2D eigenvalue weighted by molar-refractivity contribution is 6.16. The number of Topliss-reactive ketones (excluding diaryl/α,β-unsaturated/α-hetero) is 2. The molecule has 0 aliphatic rings. The van der Waals surface area contributed by atoms with Gasteiger partial charge < -0.3 is 0 Å². The van der Waals surface area contributed by atoms with Crippen molar-refractivity contribution in [2.45, 2.75) is 31.6 Å². The summed E-state index contributed by atoms with van der Waals surface area (Å²) in [5, 5.41) is 0. The van der Waals surface area contributed by atoms with Gasteiger partial charge in [0.15, 0.2) is 11.6 Å². The number of alkyl halides is 6. The number of rotatable bonds is 10. The van der Waals surface area contributed by atoms with Crippen LogP contribution in [0.2, 0.25) is 0 Å². The van der Waals surface area contributed by atoms with Crippen LogP contribution in [0, 0.1) is 11.8 Å². The molecule has 37 heavy (non-hydrogen) atoms. The van der Waals surface area contributed by atoms with E-state index in [1.54, 1.807) is 0 Å². The van der Waals surface area contributed by atoms with E-state index in [0.717, 1.165) is 54.1 Å². The van der Waals surface area contributed by atoms with Gasteiger partial charge in [0.2, 0.25) is 0 Å². The molecule has 0 aliphatic heterocycles. The first-order valence-electron chi connectivity index (χ1n) is 11.5. The number of ketones is 2. The van der Waals surface area contributed by atoms with Crippen LogP contribution in [0.4, 0.5) is 26.3 Å². The molecule has 2 nitrogen and oxygen atoms in total. The van der Waals surface area contributed by atoms with Crippen molar-refractivity contribution in [3.8, 4) is 0 Å². The monoisotopic (exact) mass is 518 g/mol. The Balaban J connectivity index is 1.91. The quantitative estimate of drug-likeness (QED) is 0.117. The molecule has 3 aromatic carbocycles. The Hall–Kier alpha value is -3.68. The summed E-state index contributed by atoms with van der Waals surface area (Å²) in [5.74, 6) is -3.48. The highest BCUT2D eigenvalue weighted by atomic mass is 19.4. The van der Waals surface area contributed by atoms with Gasteiger partial charge in [-0.2, -0.15) is 26.3 Å². The smallest absolute Gasteiger partial charge is 0.293 e. The van der Waals surface area contributed by atoms with Crippen LogP contribution in [0.5, 0.6) is 0 Å². The molecule has 0 heterocycles. The maximum Gasteiger partial charge on any atom is 0.416 e. The lowest BCUT2D eigenvalue weighted by Gasteiger charge is -2.23. The number of benzene rings is 3. The third-order valence-electron chi connectivity index (χ3n) is 6.14. The fourth-order valence-electron chi connectivity index (χ4n) is 4.12. The zero-order valence-electron chi connectivity index (χ0n) is 19.7. The summed E-state index contributed by atoms with van der Waals surface area (Å²) < 4.78 is 77.9. The van der Waals surface area contributed by atoms with E-state index in [1.165, 1.54) is 6.08 Å². The van der Waals surface area contributed by atoms with Crippen LogP contribution >= 0.6 is 0 Å². The summed E-state index contributed by atoms with van der Waals surface area (Å²) in [6, 6.07) is 16.5. The first-order chi connectivity index (χ1) is 17.4. The van der Waals surface area contributed by atoms with E-state index >= 15 is 0 Å². The van der Waals surface area contributed by atoms with Gasteiger partial charge in [-0.1, -0.05) is 60.7 Å². The Bertz CT molecular complexity index is 1140. The molecule has 0 fully saturated rings. The average Bonchev–Trinajstić information content (AvgIpc) is 2.87. The molecule has 0 bridgehead atoms. The molecule has 0 N–H and O–H groups in total. The Kier molecular flexibility index (Phi) is 8.73. The molecule has 3 aromatic rings. The molecule has 0 aliphatic carbocycles. The number of carbonyl (C=O) groups is 2. The van der Waals surface area contributed by atoms with Crippen LogP contribution in [0.1, 0.15) is 50.2 Å². The lowest BCUT2D eigenvalue weighted by Crippen LogP contribution is -2.31. The fourth-order valence-corrected chi connectivity index (χ4v) is 4.12. The molecule has 8 heteroatoms. The molecule has 0 saturated heterocycles. The average molecular weight is 518 g/mol. The van der Waals surface area contributed by atoms with Crippen LogP contribution in [0.25, 0.3) is 0 Å². The second-order valence-corrected chi connectivity index (χ2v) is 8.63. The maximum atomic E-state index is 13.5. The van der Waals surface area contributed by atoms with Crippen molar-refractivity contribution < 1.29 is 35.9 Å². The van der Waals surface area contributed by atoms with Gasteiger partial charge in [-0.3, -0.25) is 9.59 Å². The molecule has 0 spiro atoms. The summed E-state index contributed by atoms with van der Waals surface area (Å²) in [6.45, 7) is 3.75. The van der Waals surface area contributed by atoms with Crippen LogP contribution < -0.4 is 0 Å². The molecule has 0 saturated carbocycles. The first kappa shape index (κ1) is 27.9. The van der Waals surface area contributed by atoms with Gasteiger partial charge in [0.05, 0.1) is 17.0 Å². The summed E-state index contributed by atoms with van der Waals surface area (Å²) >= 11 is 0. The van der Waals surface area contributed by atoms with Crippen LogP contribution in [-0.2, 0) is 18.8 Å². The summed E-state index contributed by atoms with van der Waals surface area (Å²) in [7, 11) is 0. The Morgan fingerprint density at radius 3 is 1.51 bits per heavy atom. The van der Waals surface area contributed by atoms with Crippen molar-refractivity contribution in [3.05, 3.63) is 119 Å².